The summed E-state index contributed by atoms with van der Waals surface area (Å²) in [6, 6.07) is 15.7. The van der Waals surface area contributed by atoms with Gasteiger partial charge in [-0.15, -0.1) is 11.3 Å². The number of hydrogen-bond acceptors (Lipinski definition) is 5. The molecule has 0 spiro atoms. The Morgan fingerprint density at radius 1 is 1.11 bits per heavy atom. The summed E-state index contributed by atoms with van der Waals surface area (Å²) in [5, 5.41) is 18.0. The molecule has 3 rings (SSSR count). The molecule has 0 aliphatic rings. The maximum absolute atomic E-state index is 11.1. The molecule has 2 N–H and O–H groups in total. The van der Waals surface area contributed by atoms with Crippen LogP contribution in [0.3, 0.4) is 0 Å². The van der Waals surface area contributed by atoms with Gasteiger partial charge in [0.1, 0.15) is 16.6 Å². The zero-order valence-corrected chi connectivity index (χ0v) is 16.7. The highest BCUT2D eigenvalue weighted by Crippen LogP contribution is 2.27. The predicted molar refractivity (Wildman–Crippen MR) is 115 cm³/mol. The van der Waals surface area contributed by atoms with E-state index in [1.54, 1.807) is 18.3 Å². The SMILES string of the molecule is CC(=O)Nc1ccc(N/C=C(/C#N)c2nc(-c3ccc(C)c(C)c3)cs2)cc1. The van der Waals surface area contributed by atoms with Crippen molar-refractivity contribution in [2.45, 2.75) is 20.8 Å². The van der Waals surface area contributed by atoms with E-state index in [9.17, 15) is 10.1 Å². The minimum atomic E-state index is -0.115. The topological polar surface area (TPSA) is 77.8 Å². The number of aromatic nitrogens is 1. The number of anilines is 2. The number of nitrogens with one attached hydrogen (secondary N) is 2. The number of aryl methyl sites for hydroxylation is 2. The second kappa shape index (κ2) is 8.51. The third kappa shape index (κ3) is 4.64. The number of hydrogen-bond donors (Lipinski definition) is 2. The van der Waals surface area contributed by atoms with Crippen LogP contribution >= 0.6 is 11.3 Å². The Morgan fingerprint density at radius 2 is 1.82 bits per heavy atom. The standard InChI is InChI=1S/C22H20N4OS/c1-14-4-5-17(10-15(14)2)21-13-28-22(26-21)18(11-23)12-24-19-6-8-20(9-7-19)25-16(3)27/h4-10,12-13,24H,1-3H3,(H,25,27)/b18-12-. The molecule has 0 unspecified atom stereocenters. The molecule has 6 heteroatoms. The molecule has 0 bridgehead atoms. The smallest absolute Gasteiger partial charge is 0.221 e. The number of carbonyl (C=O) groups is 1. The highest BCUT2D eigenvalue weighted by atomic mass is 32.1. The average Bonchev–Trinajstić information content (AvgIpc) is 3.15. The van der Waals surface area contributed by atoms with Crippen LogP contribution in [0.15, 0.2) is 54.0 Å². The van der Waals surface area contributed by atoms with Crippen LogP contribution < -0.4 is 10.6 Å². The van der Waals surface area contributed by atoms with Gasteiger partial charge in [0, 0.05) is 35.4 Å². The van der Waals surface area contributed by atoms with Gasteiger partial charge < -0.3 is 10.6 Å². The van der Waals surface area contributed by atoms with Gasteiger partial charge in [-0.05, 0) is 55.3 Å². The molecule has 5 nitrogen and oxygen atoms in total. The van der Waals surface area contributed by atoms with E-state index in [2.05, 4.69) is 47.7 Å². The lowest BCUT2D eigenvalue weighted by Gasteiger charge is -2.05. The normalized spacial score (nSPS) is 11.0. The Hall–Kier alpha value is -3.43. The van der Waals surface area contributed by atoms with Gasteiger partial charge in [-0.3, -0.25) is 4.79 Å². The van der Waals surface area contributed by atoms with Crippen LogP contribution in [-0.2, 0) is 4.79 Å². The Balaban J connectivity index is 1.76. The van der Waals surface area contributed by atoms with Crippen LogP contribution in [0.25, 0.3) is 16.8 Å². The van der Waals surface area contributed by atoms with E-state index < -0.39 is 0 Å². The molecule has 140 valence electrons. The number of amides is 1. The zero-order chi connectivity index (χ0) is 20.1. The van der Waals surface area contributed by atoms with Gasteiger partial charge in [0.05, 0.1) is 5.69 Å². The minimum absolute atomic E-state index is 0.115. The second-order valence-electron chi connectivity index (χ2n) is 6.41. The molecular formula is C22H20N4OS. The number of rotatable bonds is 5. The summed E-state index contributed by atoms with van der Waals surface area (Å²) in [6.07, 6.45) is 1.65. The van der Waals surface area contributed by atoms with Gasteiger partial charge in [-0.1, -0.05) is 12.1 Å². The third-order valence-corrected chi connectivity index (χ3v) is 5.12. The minimum Gasteiger partial charge on any atom is -0.360 e. The molecule has 1 amide bonds. The quantitative estimate of drug-likeness (QED) is 0.577. The van der Waals surface area contributed by atoms with E-state index in [0.29, 0.717) is 10.6 Å². The lowest BCUT2D eigenvalue weighted by atomic mass is 10.1. The number of nitrogens with zero attached hydrogens (tertiary/aromatic N) is 2. The lowest BCUT2D eigenvalue weighted by molar-refractivity contribution is -0.114. The van der Waals surface area contributed by atoms with Crippen molar-refractivity contribution >= 4 is 34.2 Å². The third-order valence-electron chi connectivity index (χ3n) is 4.25. The number of carbonyl (C=O) groups excluding carboxylic acids is 1. The molecule has 1 aromatic heterocycles. The van der Waals surface area contributed by atoms with Crippen LogP contribution in [0.2, 0.25) is 0 Å². The van der Waals surface area contributed by atoms with Crippen molar-refractivity contribution in [3.63, 3.8) is 0 Å². The maximum Gasteiger partial charge on any atom is 0.221 e. The Labute approximate surface area is 168 Å². The van der Waals surface area contributed by atoms with Crippen LogP contribution in [-0.4, -0.2) is 10.9 Å². The molecule has 2 aromatic carbocycles. The maximum atomic E-state index is 11.1. The first-order chi connectivity index (χ1) is 13.5. The van der Waals surface area contributed by atoms with Gasteiger partial charge in [-0.25, -0.2) is 4.98 Å². The number of benzene rings is 2. The summed E-state index contributed by atoms with van der Waals surface area (Å²) in [5.41, 5.74) is 6.37. The Kier molecular flexibility index (Phi) is 5.87. The zero-order valence-electron chi connectivity index (χ0n) is 15.9. The van der Waals surface area contributed by atoms with Gasteiger partial charge in [0.25, 0.3) is 0 Å². The number of nitriles is 1. The van der Waals surface area contributed by atoms with Gasteiger partial charge in [0.15, 0.2) is 0 Å². The van der Waals surface area contributed by atoms with Crippen LogP contribution in [0, 0.1) is 25.2 Å². The Morgan fingerprint density at radius 3 is 2.46 bits per heavy atom. The molecule has 0 aliphatic carbocycles. The van der Waals surface area contributed by atoms with Gasteiger partial charge in [0.2, 0.25) is 5.91 Å². The van der Waals surface area contributed by atoms with E-state index in [4.69, 9.17) is 0 Å². The van der Waals surface area contributed by atoms with E-state index in [0.717, 1.165) is 22.6 Å². The summed E-state index contributed by atoms with van der Waals surface area (Å²) in [5.74, 6) is -0.115. The Bertz CT molecular complexity index is 1070. The predicted octanol–water partition coefficient (Wildman–Crippen LogP) is 5.36. The van der Waals surface area contributed by atoms with Crippen molar-refractivity contribution in [3.05, 3.63) is 70.2 Å². The van der Waals surface area contributed by atoms with E-state index in [-0.39, 0.29) is 5.91 Å². The first kappa shape index (κ1) is 19.3. The average molecular weight is 388 g/mol. The summed E-state index contributed by atoms with van der Waals surface area (Å²) in [7, 11) is 0. The molecule has 1 heterocycles. The lowest BCUT2D eigenvalue weighted by Crippen LogP contribution is -2.05. The van der Waals surface area contributed by atoms with Crippen molar-refractivity contribution in [1.29, 1.82) is 5.26 Å². The van der Waals surface area contributed by atoms with Crippen molar-refractivity contribution in [3.8, 4) is 17.3 Å². The monoisotopic (exact) mass is 388 g/mol. The molecule has 0 saturated carbocycles. The highest BCUT2D eigenvalue weighted by molar-refractivity contribution is 7.11. The van der Waals surface area contributed by atoms with Crippen molar-refractivity contribution in [2.75, 3.05) is 10.6 Å². The molecule has 0 atom stereocenters. The van der Waals surface area contributed by atoms with Crippen molar-refractivity contribution in [1.82, 2.24) is 4.98 Å². The molecule has 3 aromatic rings. The summed E-state index contributed by atoms with van der Waals surface area (Å²) >= 11 is 1.44. The summed E-state index contributed by atoms with van der Waals surface area (Å²) in [6.45, 7) is 5.62. The number of allylic oxidation sites excluding steroid dienone is 1. The molecule has 0 fully saturated rings. The second-order valence-corrected chi connectivity index (χ2v) is 7.27. The molecule has 0 radical (unpaired) electrons. The van der Waals surface area contributed by atoms with Crippen LogP contribution in [0.5, 0.6) is 0 Å². The molecule has 0 aliphatic heterocycles. The first-order valence-corrected chi connectivity index (χ1v) is 9.62. The van der Waals surface area contributed by atoms with Crippen LogP contribution in [0.1, 0.15) is 23.1 Å². The van der Waals surface area contributed by atoms with Crippen molar-refractivity contribution < 1.29 is 4.79 Å². The molecule has 28 heavy (non-hydrogen) atoms. The van der Waals surface area contributed by atoms with Gasteiger partial charge >= 0.3 is 0 Å². The molecular weight excluding hydrogens is 368 g/mol. The number of thiazole rings is 1. The first-order valence-electron chi connectivity index (χ1n) is 8.74. The van der Waals surface area contributed by atoms with E-state index in [1.807, 2.05) is 23.6 Å². The fraction of sp³-hybridized carbons (Fsp3) is 0.136. The van der Waals surface area contributed by atoms with Crippen LogP contribution in [0.4, 0.5) is 11.4 Å². The largest absolute Gasteiger partial charge is 0.360 e. The van der Waals surface area contributed by atoms with Crippen molar-refractivity contribution in [2.24, 2.45) is 0 Å². The van der Waals surface area contributed by atoms with E-state index in [1.165, 1.54) is 29.4 Å². The van der Waals surface area contributed by atoms with Gasteiger partial charge in [-0.2, -0.15) is 5.26 Å². The highest BCUT2D eigenvalue weighted by Gasteiger charge is 2.09. The summed E-state index contributed by atoms with van der Waals surface area (Å²) in [4.78, 5) is 15.7. The fourth-order valence-electron chi connectivity index (χ4n) is 2.58. The fourth-order valence-corrected chi connectivity index (χ4v) is 3.38. The molecule has 0 saturated heterocycles. The summed E-state index contributed by atoms with van der Waals surface area (Å²) < 4.78 is 0. The van der Waals surface area contributed by atoms with E-state index >= 15 is 0 Å².